The maximum atomic E-state index is 11.6. The molecule has 0 amide bonds. The molecule has 0 aliphatic heterocycles. The topological polar surface area (TPSA) is 114 Å². The van der Waals surface area contributed by atoms with Crippen molar-refractivity contribution >= 4 is 38.8 Å². The molecule has 39 heavy (non-hydrogen) atoms. The molecule has 208 valence electrons. The summed E-state index contributed by atoms with van der Waals surface area (Å²) >= 11 is 0. The van der Waals surface area contributed by atoms with Crippen LogP contribution in [0.5, 0.6) is 0 Å². The summed E-state index contributed by atoms with van der Waals surface area (Å²) in [7, 11) is -10.3. The van der Waals surface area contributed by atoms with E-state index in [1.54, 1.807) is 12.1 Å². The van der Waals surface area contributed by atoms with E-state index in [1.807, 2.05) is 0 Å². The monoisotopic (exact) mass is 614 g/mol. The molecule has 0 heterocycles. The maximum Gasteiger partial charge on any atom is 1.00 e. The summed E-state index contributed by atoms with van der Waals surface area (Å²) in [4.78, 5) is -0.600. The van der Waals surface area contributed by atoms with Gasteiger partial charge in [0.1, 0.15) is 20.2 Å². The van der Waals surface area contributed by atoms with Crippen LogP contribution in [-0.2, 0) is 20.2 Å². The maximum absolute atomic E-state index is 11.6. The molecular formula is C28H41Na2O6PS2. The van der Waals surface area contributed by atoms with E-state index in [4.69, 9.17) is 0 Å². The number of unbranched alkanes of at least 4 members (excludes halogenated alkanes) is 13. The van der Waals surface area contributed by atoms with E-state index in [1.165, 1.54) is 107 Å². The van der Waals surface area contributed by atoms with E-state index in [0.29, 0.717) is 10.6 Å². The zero-order valence-electron chi connectivity index (χ0n) is 23.9. The zero-order valence-corrected chi connectivity index (χ0v) is 30.5. The second-order valence-electron chi connectivity index (χ2n) is 9.65. The van der Waals surface area contributed by atoms with Gasteiger partial charge in [-0.2, -0.15) is 0 Å². The van der Waals surface area contributed by atoms with Crippen molar-refractivity contribution in [2.45, 2.75) is 107 Å². The molecule has 2 aromatic rings. The van der Waals surface area contributed by atoms with Crippen molar-refractivity contribution in [1.29, 1.82) is 0 Å². The third kappa shape index (κ3) is 16.2. The number of hydrogen-bond donors (Lipinski definition) is 0. The van der Waals surface area contributed by atoms with E-state index in [9.17, 15) is 25.9 Å². The van der Waals surface area contributed by atoms with Crippen LogP contribution in [0.25, 0.3) is 0 Å². The Hall–Kier alpha value is 0.690. The SMILES string of the molecule is CCCCCCCCCCCCCCCCP(c1cccc(S(=O)(=O)[O-])c1)c1cccc(S(=O)(=O)[O-])c1.[Na+].[Na+]. The van der Waals surface area contributed by atoms with Crippen molar-refractivity contribution in [3.8, 4) is 0 Å². The summed E-state index contributed by atoms with van der Waals surface area (Å²) in [6.45, 7) is 2.24. The minimum atomic E-state index is -4.61. The van der Waals surface area contributed by atoms with Gasteiger partial charge >= 0.3 is 59.1 Å². The van der Waals surface area contributed by atoms with Gasteiger partial charge in [0.05, 0.1) is 9.79 Å². The number of hydrogen-bond acceptors (Lipinski definition) is 6. The smallest absolute Gasteiger partial charge is 0.744 e. The van der Waals surface area contributed by atoms with Gasteiger partial charge in [-0.1, -0.05) is 115 Å². The molecule has 0 saturated heterocycles. The predicted molar refractivity (Wildman–Crippen MR) is 150 cm³/mol. The molecule has 0 unspecified atom stereocenters. The van der Waals surface area contributed by atoms with E-state index >= 15 is 0 Å². The Kier molecular flexibility index (Phi) is 21.8. The van der Waals surface area contributed by atoms with Crippen LogP contribution in [0, 0.1) is 0 Å². The first-order chi connectivity index (χ1) is 17.6. The van der Waals surface area contributed by atoms with Gasteiger partial charge in [-0.3, -0.25) is 0 Å². The summed E-state index contributed by atoms with van der Waals surface area (Å²) < 4.78 is 69.3. The van der Waals surface area contributed by atoms with Crippen LogP contribution < -0.4 is 69.7 Å². The van der Waals surface area contributed by atoms with Gasteiger partial charge < -0.3 is 9.11 Å². The standard InChI is InChI=1S/C28H43O6PS2.2Na/c1-2-3-4-5-6-7-8-9-10-11-12-13-14-15-22-35(25-18-16-20-27(23-25)36(29,30)31)26-19-17-21-28(24-26)37(32,33)34;;/h16-21,23-24H,2-15,22H2,1H3,(H,29,30,31)(H,32,33,34);;/q;2*+1/p-2. The van der Waals surface area contributed by atoms with Crippen molar-refractivity contribution in [3.05, 3.63) is 48.5 Å². The van der Waals surface area contributed by atoms with Crippen LogP contribution in [0.2, 0.25) is 0 Å². The fourth-order valence-corrected chi connectivity index (χ4v) is 8.17. The van der Waals surface area contributed by atoms with Crippen LogP contribution >= 0.6 is 7.92 Å². The van der Waals surface area contributed by atoms with Crippen LogP contribution in [0.4, 0.5) is 0 Å². The Morgan fingerprint density at radius 2 is 0.897 bits per heavy atom. The van der Waals surface area contributed by atoms with Crippen molar-refractivity contribution in [2.24, 2.45) is 0 Å². The van der Waals surface area contributed by atoms with Gasteiger partial charge in [-0.15, -0.1) is 0 Å². The fraction of sp³-hybridized carbons (Fsp3) is 0.571. The summed E-state index contributed by atoms with van der Waals surface area (Å²) in [5, 5.41) is 1.36. The Labute approximate surface area is 282 Å². The van der Waals surface area contributed by atoms with Crippen molar-refractivity contribution in [1.82, 2.24) is 0 Å². The van der Waals surface area contributed by atoms with Crippen LogP contribution in [0.15, 0.2) is 58.3 Å². The molecule has 0 saturated carbocycles. The number of benzene rings is 2. The minimum Gasteiger partial charge on any atom is -0.744 e. The molecule has 0 bridgehead atoms. The van der Waals surface area contributed by atoms with Crippen LogP contribution in [-0.4, -0.2) is 32.1 Å². The third-order valence-electron chi connectivity index (χ3n) is 6.57. The summed E-state index contributed by atoms with van der Waals surface area (Å²) in [6.07, 6.45) is 18.1. The van der Waals surface area contributed by atoms with Crippen LogP contribution in [0.3, 0.4) is 0 Å². The molecule has 11 heteroatoms. The van der Waals surface area contributed by atoms with Crippen molar-refractivity contribution in [3.63, 3.8) is 0 Å². The molecule has 0 aliphatic rings. The molecule has 0 N–H and O–H groups in total. The van der Waals surface area contributed by atoms with E-state index in [0.717, 1.165) is 25.4 Å². The molecule has 0 aromatic heterocycles. The zero-order chi connectivity index (χ0) is 27.2. The molecule has 2 rings (SSSR count). The molecule has 0 aliphatic carbocycles. The summed E-state index contributed by atoms with van der Waals surface area (Å²) in [5.41, 5.74) is 0. The van der Waals surface area contributed by atoms with E-state index < -0.39 is 28.2 Å². The Morgan fingerprint density at radius 3 is 1.23 bits per heavy atom. The Bertz CT molecular complexity index is 1080. The van der Waals surface area contributed by atoms with Gasteiger partial charge in [-0.05, 0) is 55.4 Å². The molecule has 0 fully saturated rings. The Morgan fingerprint density at radius 1 is 0.564 bits per heavy atom. The van der Waals surface area contributed by atoms with Crippen molar-refractivity contribution in [2.75, 3.05) is 6.16 Å². The minimum absolute atomic E-state index is 0. The summed E-state index contributed by atoms with van der Waals surface area (Å²) in [6, 6.07) is 11.9. The van der Waals surface area contributed by atoms with E-state index in [-0.39, 0.29) is 68.9 Å². The largest absolute Gasteiger partial charge is 1.00 e. The molecule has 0 spiro atoms. The fourth-order valence-electron chi connectivity index (χ4n) is 4.49. The van der Waals surface area contributed by atoms with Gasteiger partial charge in [0.15, 0.2) is 0 Å². The molecule has 6 nitrogen and oxygen atoms in total. The molecule has 2 aromatic carbocycles. The number of rotatable bonds is 19. The second-order valence-corrected chi connectivity index (χ2v) is 14.7. The normalized spacial score (nSPS) is 11.7. The second kappa shape index (κ2) is 21.4. The van der Waals surface area contributed by atoms with Crippen LogP contribution in [0.1, 0.15) is 96.8 Å². The average Bonchev–Trinajstić information content (AvgIpc) is 2.85. The first kappa shape index (κ1) is 39.7. The summed E-state index contributed by atoms with van der Waals surface area (Å²) in [5.74, 6) is 0. The van der Waals surface area contributed by atoms with Gasteiger partial charge in [0.25, 0.3) is 0 Å². The molecule has 0 radical (unpaired) electrons. The molecule has 0 atom stereocenters. The predicted octanol–water partition coefficient (Wildman–Crippen LogP) is 0.417. The van der Waals surface area contributed by atoms with Crippen molar-refractivity contribution < 1.29 is 85.1 Å². The first-order valence-electron chi connectivity index (χ1n) is 13.5. The average molecular weight is 615 g/mol. The first-order valence-corrected chi connectivity index (χ1v) is 17.9. The van der Waals surface area contributed by atoms with Gasteiger partial charge in [0.2, 0.25) is 0 Å². The van der Waals surface area contributed by atoms with E-state index in [2.05, 4.69) is 6.92 Å². The Balaban J connectivity index is 0.00000722. The molecular weight excluding hydrogens is 573 g/mol. The third-order valence-corrected chi connectivity index (χ3v) is 10.8. The quantitative estimate of drug-likeness (QED) is 0.0981. The van der Waals surface area contributed by atoms with Gasteiger partial charge in [-0.25, -0.2) is 16.8 Å². The van der Waals surface area contributed by atoms with Gasteiger partial charge in [0, 0.05) is 0 Å².